The molecular weight excluding hydrogens is 225 g/mol. The number of allylic oxidation sites excluding steroid dienone is 2. The number of nitrogens with one attached hydrogen (secondary N) is 1. The van der Waals surface area contributed by atoms with Crippen molar-refractivity contribution in [2.45, 2.75) is 46.6 Å². The molecule has 0 aromatic rings. The second kappa shape index (κ2) is 5.85. The number of hydrogen-bond acceptors (Lipinski definition) is 4. The van der Waals surface area contributed by atoms with Gasteiger partial charge in [-0.2, -0.15) is 0 Å². The van der Waals surface area contributed by atoms with Crippen molar-refractivity contribution >= 4 is 7.60 Å². The van der Waals surface area contributed by atoms with Crippen LogP contribution in [0, 0.1) is 0 Å². The molecule has 0 radical (unpaired) electrons. The predicted octanol–water partition coefficient (Wildman–Crippen LogP) is 3.26. The first kappa shape index (κ1) is 13.8. The fraction of sp³-hybridized carbons (Fsp3) is 0.818. The molecule has 0 bridgehead atoms. The quantitative estimate of drug-likeness (QED) is 0.701. The van der Waals surface area contributed by atoms with E-state index in [0.717, 1.165) is 23.9 Å². The van der Waals surface area contributed by atoms with Crippen LogP contribution in [0.1, 0.15) is 40.5 Å². The molecule has 0 atom stereocenters. The molecule has 94 valence electrons. The molecule has 0 heterocycles. The molecule has 1 aliphatic carbocycles. The van der Waals surface area contributed by atoms with Gasteiger partial charge in [-0.15, -0.1) is 0 Å². The average Bonchev–Trinajstić information content (AvgIpc) is 2.12. The second-order valence-electron chi connectivity index (χ2n) is 4.06. The highest BCUT2D eigenvalue weighted by molar-refractivity contribution is 7.58. The SMILES string of the molecule is CCOP(=O)(OCC)C1=C(NC(C)C)CC1. The third-order valence-electron chi connectivity index (χ3n) is 2.35. The maximum Gasteiger partial charge on any atom is 0.359 e. The van der Waals surface area contributed by atoms with Gasteiger partial charge in [-0.25, -0.2) is 0 Å². The van der Waals surface area contributed by atoms with E-state index in [1.807, 2.05) is 13.8 Å². The molecule has 0 aromatic carbocycles. The van der Waals surface area contributed by atoms with Crippen molar-refractivity contribution in [3.63, 3.8) is 0 Å². The molecule has 0 saturated carbocycles. The molecule has 0 unspecified atom stereocenters. The van der Waals surface area contributed by atoms with Crippen LogP contribution in [-0.2, 0) is 13.6 Å². The number of hydrogen-bond donors (Lipinski definition) is 1. The molecule has 0 spiro atoms. The third kappa shape index (κ3) is 3.09. The lowest BCUT2D eigenvalue weighted by Crippen LogP contribution is -2.28. The Morgan fingerprint density at radius 1 is 1.25 bits per heavy atom. The molecule has 0 saturated heterocycles. The Morgan fingerprint density at radius 3 is 2.12 bits per heavy atom. The topological polar surface area (TPSA) is 47.6 Å². The van der Waals surface area contributed by atoms with Crippen LogP contribution >= 0.6 is 7.60 Å². The Labute approximate surface area is 97.9 Å². The van der Waals surface area contributed by atoms with E-state index >= 15 is 0 Å². The summed E-state index contributed by atoms with van der Waals surface area (Å²) in [5, 5.41) is 4.14. The summed E-state index contributed by atoms with van der Waals surface area (Å²) in [6, 6.07) is 0.349. The van der Waals surface area contributed by atoms with Gasteiger partial charge in [-0.3, -0.25) is 4.57 Å². The van der Waals surface area contributed by atoms with E-state index in [-0.39, 0.29) is 0 Å². The van der Waals surface area contributed by atoms with Gasteiger partial charge in [-0.1, -0.05) is 0 Å². The highest BCUT2D eigenvalue weighted by atomic mass is 31.2. The fourth-order valence-corrected chi connectivity index (χ4v) is 3.66. The molecule has 1 rings (SSSR count). The molecule has 16 heavy (non-hydrogen) atoms. The Hall–Kier alpha value is -0.310. The Bertz CT molecular complexity index is 302. The first-order valence-electron chi connectivity index (χ1n) is 5.91. The van der Waals surface area contributed by atoms with Crippen LogP contribution in [0.5, 0.6) is 0 Å². The third-order valence-corrected chi connectivity index (χ3v) is 4.70. The summed E-state index contributed by atoms with van der Waals surface area (Å²) >= 11 is 0. The molecule has 0 amide bonds. The molecular formula is C11H22NO3P. The lowest BCUT2D eigenvalue weighted by molar-refractivity contribution is 0.223. The van der Waals surface area contributed by atoms with Crippen molar-refractivity contribution in [1.82, 2.24) is 5.32 Å². The van der Waals surface area contributed by atoms with Crippen LogP contribution in [0.3, 0.4) is 0 Å². The molecule has 4 nitrogen and oxygen atoms in total. The van der Waals surface area contributed by atoms with E-state index in [0.29, 0.717) is 19.3 Å². The van der Waals surface area contributed by atoms with Gasteiger partial charge in [0.25, 0.3) is 0 Å². The van der Waals surface area contributed by atoms with Gasteiger partial charge in [0.05, 0.1) is 18.5 Å². The standard InChI is InChI=1S/C11H22NO3P/c1-5-14-16(13,15-6-2)11-8-7-10(11)12-9(3)4/h9,12H,5-8H2,1-4H3. The van der Waals surface area contributed by atoms with Gasteiger partial charge in [0.2, 0.25) is 0 Å². The minimum absolute atomic E-state index is 0.349. The Kier molecular flexibility index (Phi) is 5.03. The number of rotatable bonds is 7. The first-order chi connectivity index (χ1) is 7.53. The summed E-state index contributed by atoms with van der Waals surface area (Å²) < 4.78 is 23.1. The molecule has 0 aliphatic heterocycles. The van der Waals surface area contributed by atoms with E-state index in [1.165, 1.54) is 0 Å². The van der Waals surface area contributed by atoms with Crippen LogP contribution in [-0.4, -0.2) is 19.3 Å². The summed E-state index contributed by atoms with van der Waals surface area (Å²) in [7, 11) is -3.02. The maximum absolute atomic E-state index is 12.4. The minimum Gasteiger partial charge on any atom is -0.386 e. The predicted molar refractivity (Wildman–Crippen MR) is 65.4 cm³/mol. The molecule has 5 heteroatoms. The zero-order valence-electron chi connectivity index (χ0n) is 10.6. The normalized spacial score (nSPS) is 16.6. The summed E-state index contributed by atoms with van der Waals surface area (Å²) in [4.78, 5) is 0. The van der Waals surface area contributed by atoms with Gasteiger partial charge in [0.15, 0.2) is 0 Å². The van der Waals surface area contributed by atoms with Crippen molar-refractivity contribution in [3.05, 3.63) is 11.0 Å². The Balaban J connectivity index is 2.83. The summed E-state index contributed by atoms with van der Waals surface area (Å²) in [5.74, 6) is 0. The van der Waals surface area contributed by atoms with Crippen molar-refractivity contribution in [2.24, 2.45) is 0 Å². The molecule has 0 aromatic heterocycles. The summed E-state index contributed by atoms with van der Waals surface area (Å²) in [6.45, 7) is 8.62. The fourth-order valence-electron chi connectivity index (χ4n) is 1.70. The van der Waals surface area contributed by atoms with Crippen molar-refractivity contribution in [3.8, 4) is 0 Å². The monoisotopic (exact) mass is 247 g/mol. The second-order valence-corrected chi connectivity index (χ2v) is 6.11. The van der Waals surface area contributed by atoms with Crippen molar-refractivity contribution < 1.29 is 13.6 Å². The lowest BCUT2D eigenvalue weighted by atomic mass is 10.1. The highest BCUT2D eigenvalue weighted by Gasteiger charge is 2.37. The van der Waals surface area contributed by atoms with Crippen LogP contribution in [0.2, 0.25) is 0 Å². The zero-order chi connectivity index (χ0) is 12.2. The zero-order valence-corrected chi connectivity index (χ0v) is 11.5. The van der Waals surface area contributed by atoms with Crippen molar-refractivity contribution in [1.29, 1.82) is 0 Å². The summed E-state index contributed by atoms with van der Waals surface area (Å²) in [6.07, 6.45) is 1.75. The molecule has 0 fully saturated rings. The smallest absolute Gasteiger partial charge is 0.359 e. The largest absolute Gasteiger partial charge is 0.386 e. The van der Waals surface area contributed by atoms with E-state index in [9.17, 15) is 4.57 Å². The van der Waals surface area contributed by atoms with E-state index < -0.39 is 7.60 Å². The van der Waals surface area contributed by atoms with Crippen LogP contribution in [0.4, 0.5) is 0 Å². The van der Waals surface area contributed by atoms with Crippen molar-refractivity contribution in [2.75, 3.05) is 13.2 Å². The summed E-state index contributed by atoms with van der Waals surface area (Å²) in [5.41, 5.74) is 1.04. The van der Waals surface area contributed by atoms with Crippen LogP contribution in [0.15, 0.2) is 11.0 Å². The van der Waals surface area contributed by atoms with Gasteiger partial charge in [-0.05, 0) is 40.5 Å². The van der Waals surface area contributed by atoms with Crippen LogP contribution < -0.4 is 5.32 Å². The highest BCUT2D eigenvalue weighted by Crippen LogP contribution is 2.62. The van der Waals surface area contributed by atoms with E-state index in [2.05, 4.69) is 19.2 Å². The van der Waals surface area contributed by atoms with Gasteiger partial charge < -0.3 is 14.4 Å². The average molecular weight is 247 g/mol. The van der Waals surface area contributed by atoms with E-state index in [4.69, 9.17) is 9.05 Å². The first-order valence-corrected chi connectivity index (χ1v) is 7.46. The van der Waals surface area contributed by atoms with E-state index in [1.54, 1.807) is 0 Å². The van der Waals surface area contributed by atoms with Gasteiger partial charge >= 0.3 is 7.60 Å². The van der Waals surface area contributed by atoms with Gasteiger partial charge in [0.1, 0.15) is 0 Å². The molecule has 1 aliphatic rings. The van der Waals surface area contributed by atoms with Gasteiger partial charge in [0, 0.05) is 11.7 Å². The maximum atomic E-state index is 12.4. The van der Waals surface area contributed by atoms with Crippen LogP contribution in [0.25, 0.3) is 0 Å². The minimum atomic E-state index is -3.02. The Morgan fingerprint density at radius 2 is 1.81 bits per heavy atom. The lowest BCUT2D eigenvalue weighted by Gasteiger charge is -2.31. The molecule has 1 N–H and O–H groups in total.